The van der Waals surface area contributed by atoms with Crippen molar-refractivity contribution in [3.8, 4) is 11.1 Å². The Hall–Kier alpha value is -4.34. The van der Waals surface area contributed by atoms with Crippen molar-refractivity contribution in [1.82, 2.24) is 4.57 Å². The molecular weight excluding hydrogens is 509 g/mol. The van der Waals surface area contributed by atoms with Gasteiger partial charge in [0.15, 0.2) is 6.10 Å². The lowest BCUT2D eigenvalue weighted by atomic mass is 9.97. The monoisotopic (exact) mass is 541 g/mol. The number of esters is 1. The number of hydrogen-bond acceptors (Lipinski definition) is 8. The summed E-state index contributed by atoms with van der Waals surface area (Å²) >= 11 is 0. The van der Waals surface area contributed by atoms with Gasteiger partial charge in [0.25, 0.3) is 0 Å². The standard InChI is InChI=1S/C29H32FNO8/c1-6-36-28(33)38-21(17-25(32)35-5)16-24(39-29(34)37-7-2)27-26(19-12-14-20(30)15-13-19)22-10-8-9-11-23(22)31(27)18(3)4/h8-15,17-18,24H,6-7,16H2,1-5H3. The summed E-state index contributed by atoms with van der Waals surface area (Å²) in [6, 6.07) is 13.4. The lowest BCUT2D eigenvalue weighted by molar-refractivity contribution is -0.135. The van der Waals surface area contributed by atoms with E-state index in [9.17, 15) is 18.8 Å². The second-order valence-electron chi connectivity index (χ2n) is 8.66. The number of carbonyl (C=O) groups is 3. The first kappa shape index (κ1) is 29.2. The van der Waals surface area contributed by atoms with Gasteiger partial charge in [0.05, 0.1) is 32.1 Å². The third-order valence-corrected chi connectivity index (χ3v) is 5.75. The Morgan fingerprint density at radius 1 is 0.949 bits per heavy atom. The fourth-order valence-corrected chi connectivity index (χ4v) is 4.30. The van der Waals surface area contributed by atoms with Crippen LogP contribution >= 0.6 is 0 Å². The van der Waals surface area contributed by atoms with Crippen molar-refractivity contribution in [1.29, 1.82) is 0 Å². The van der Waals surface area contributed by atoms with Gasteiger partial charge in [0.1, 0.15) is 11.6 Å². The molecule has 0 spiro atoms. The molecule has 0 amide bonds. The molecule has 3 rings (SSSR count). The van der Waals surface area contributed by atoms with Gasteiger partial charge >= 0.3 is 18.3 Å². The zero-order valence-corrected chi connectivity index (χ0v) is 22.6. The van der Waals surface area contributed by atoms with Gasteiger partial charge < -0.3 is 28.3 Å². The van der Waals surface area contributed by atoms with E-state index in [1.165, 1.54) is 19.2 Å². The minimum Gasteiger partial charge on any atom is -0.466 e. The molecule has 10 heteroatoms. The van der Waals surface area contributed by atoms with Crippen LogP contribution in [0.25, 0.3) is 22.0 Å². The molecule has 0 bridgehead atoms. The maximum absolute atomic E-state index is 13.9. The number of methoxy groups -OCH3 is 1. The number of hydrogen-bond donors (Lipinski definition) is 0. The van der Waals surface area contributed by atoms with E-state index in [1.54, 1.807) is 26.0 Å². The van der Waals surface area contributed by atoms with Crippen molar-refractivity contribution in [2.24, 2.45) is 0 Å². The van der Waals surface area contributed by atoms with Gasteiger partial charge in [0, 0.05) is 28.9 Å². The van der Waals surface area contributed by atoms with Crippen molar-refractivity contribution < 1.29 is 42.5 Å². The third kappa shape index (κ3) is 7.16. The number of nitrogens with zero attached hydrogens (tertiary/aromatic N) is 1. The van der Waals surface area contributed by atoms with Crippen LogP contribution in [0.1, 0.15) is 52.0 Å². The van der Waals surface area contributed by atoms with Crippen LogP contribution in [-0.2, 0) is 28.5 Å². The first-order valence-corrected chi connectivity index (χ1v) is 12.5. The van der Waals surface area contributed by atoms with E-state index in [0.29, 0.717) is 16.8 Å². The van der Waals surface area contributed by atoms with Crippen LogP contribution in [0, 0.1) is 5.82 Å². The highest BCUT2D eigenvalue weighted by molar-refractivity contribution is 5.98. The maximum atomic E-state index is 13.9. The number of carbonyl (C=O) groups excluding carboxylic acids is 3. The summed E-state index contributed by atoms with van der Waals surface area (Å²) < 4.78 is 41.6. The molecule has 0 aliphatic rings. The zero-order chi connectivity index (χ0) is 28.5. The number of rotatable bonds is 10. The molecular formula is C29H32FNO8. The van der Waals surface area contributed by atoms with Crippen molar-refractivity contribution in [2.75, 3.05) is 20.3 Å². The Morgan fingerprint density at radius 2 is 1.59 bits per heavy atom. The summed E-state index contributed by atoms with van der Waals surface area (Å²) in [6.07, 6.45) is -2.36. The Kier molecular flexibility index (Phi) is 10.1. The summed E-state index contributed by atoms with van der Waals surface area (Å²) in [5.41, 5.74) is 2.73. The molecule has 39 heavy (non-hydrogen) atoms. The van der Waals surface area contributed by atoms with Crippen molar-refractivity contribution in [3.63, 3.8) is 0 Å². The van der Waals surface area contributed by atoms with E-state index in [0.717, 1.165) is 17.0 Å². The van der Waals surface area contributed by atoms with Gasteiger partial charge in [-0.05, 0) is 51.5 Å². The Labute approximate surface area is 226 Å². The van der Waals surface area contributed by atoms with Crippen molar-refractivity contribution in [3.05, 3.63) is 71.9 Å². The SMILES string of the molecule is CCOC(=O)OC(=CC(=O)OC)CC(OC(=O)OCC)c1c(-c2ccc(F)cc2)c2ccccc2n1C(C)C. The summed E-state index contributed by atoms with van der Waals surface area (Å²) in [5, 5.41) is 0.829. The molecule has 1 heterocycles. The highest BCUT2D eigenvalue weighted by Crippen LogP contribution is 2.43. The first-order valence-electron chi connectivity index (χ1n) is 12.5. The lowest BCUT2D eigenvalue weighted by Gasteiger charge is -2.24. The van der Waals surface area contributed by atoms with Crippen LogP contribution in [0.15, 0.2) is 60.4 Å². The normalized spacial score (nSPS) is 12.2. The van der Waals surface area contributed by atoms with Gasteiger partial charge in [-0.25, -0.2) is 18.8 Å². The summed E-state index contributed by atoms with van der Waals surface area (Å²) in [4.78, 5) is 37.0. The van der Waals surface area contributed by atoms with Gasteiger partial charge in [-0.2, -0.15) is 0 Å². The van der Waals surface area contributed by atoms with E-state index < -0.39 is 30.2 Å². The molecule has 208 valence electrons. The molecule has 0 saturated carbocycles. The summed E-state index contributed by atoms with van der Waals surface area (Å²) in [5.74, 6) is -1.34. The molecule has 0 saturated heterocycles. The number of ether oxygens (including phenoxy) is 5. The van der Waals surface area contributed by atoms with Crippen LogP contribution in [0.5, 0.6) is 0 Å². The summed E-state index contributed by atoms with van der Waals surface area (Å²) in [6.45, 7) is 7.28. The average Bonchev–Trinajstić information content (AvgIpc) is 3.24. The number of benzene rings is 2. The first-order chi connectivity index (χ1) is 18.7. The fourth-order valence-electron chi connectivity index (χ4n) is 4.30. The number of fused-ring (bicyclic) bond motifs is 1. The van der Waals surface area contributed by atoms with E-state index in [2.05, 4.69) is 0 Å². The molecule has 0 fully saturated rings. The minimum absolute atomic E-state index is 0.0450. The molecule has 1 atom stereocenters. The van der Waals surface area contributed by atoms with Crippen LogP contribution < -0.4 is 0 Å². The molecule has 1 aromatic heterocycles. The Balaban J connectivity index is 2.29. The molecule has 0 radical (unpaired) electrons. The molecule has 2 aromatic carbocycles. The highest BCUT2D eigenvalue weighted by Gasteiger charge is 2.31. The predicted octanol–water partition coefficient (Wildman–Crippen LogP) is 6.86. The van der Waals surface area contributed by atoms with Crippen molar-refractivity contribution >= 4 is 29.2 Å². The molecule has 0 aliphatic heterocycles. The highest BCUT2D eigenvalue weighted by atomic mass is 19.1. The van der Waals surface area contributed by atoms with Crippen LogP contribution in [0.4, 0.5) is 14.0 Å². The molecule has 1 unspecified atom stereocenters. The van der Waals surface area contributed by atoms with Crippen LogP contribution in [0.3, 0.4) is 0 Å². The van der Waals surface area contributed by atoms with Crippen LogP contribution in [0.2, 0.25) is 0 Å². The van der Waals surface area contributed by atoms with Gasteiger partial charge in [0.2, 0.25) is 0 Å². The Bertz CT molecular complexity index is 1340. The maximum Gasteiger partial charge on any atom is 0.513 e. The lowest BCUT2D eigenvalue weighted by Crippen LogP contribution is -2.20. The molecule has 9 nitrogen and oxygen atoms in total. The predicted molar refractivity (Wildman–Crippen MR) is 141 cm³/mol. The Morgan fingerprint density at radius 3 is 2.21 bits per heavy atom. The minimum atomic E-state index is -1.11. The van der Waals surface area contributed by atoms with Gasteiger partial charge in [-0.1, -0.05) is 30.3 Å². The largest absolute Gasteiger partial charge is 0.513 e. The number of aromatic nitrogens is 1. The van der Waals surface area contributed by atoms with Crippen molar-refractivity contribution in [2.45, 2.75) is 46.3 Å². The number of halogens is 1. The van der Waals surface area contributed by atoms with E-state index >= 15 is 0 Å². The van der Waals surface area contributed by atoms with E-state index in [4.69, 9.17) is 23.7 Å². The molecule has 0 N–H and O–H groups in total. The zero-order valence-electron chi connectivity index (χ0n) is 22.6. The van der Waals surface area contributed by atoms with E-state index in [1.807, 2.05) is 42.7 Å². The smallest absolute Gasteiger partial charge is 0.466 e. The van der Waals surface area contributed by atoms with Crippen LogP contribution in [-0.4, -0.2) is 43.2 Å². The number of para-hydroxylation sites is 1. The third-order valence-electron chi connectivity index (χ3n) is 5.75. The topological polar surface area (TPSA) is 102 Å². The second-order valence-corrected chi connectivity index (χ2v) is 8.66. The van der Waals surface area contributed by atoms with Gasteiger partial charge in [-0.15, -0.1) is 0 Å². The van der Waals surface area contributed by atoms with Gasteiger partial charge in [-0.3, -0.25) is 0 Å². The quantitative estimate of drug-likeness (QED) is 0.119. The fraction of sp³-hybridized carbons (Fsp3) is 0.345. The summed E-state index contributed by atoms with van der Waals surface area (Å²) in [7, 11) is 1.18. The molecule has 0 aliphatic carbocycles. The average molecular weight is 542 g/mol. The molecule has 3 aromatic rings. The van der Waals surface area contributed by atoms with E-state index in [-0.39, 0.29) is 31.4 Å². The second kappa shape index (κ2) is 13.5.